The maximum atomic E-state index is 12.9. The van der Waals surface area contributed by atoms with E-state index >= 15 is 0 Å². The number of nitrogens with zero attached hydrogens (tertiary/aromatic N) is 1. The molecule has 0 amide bonds. The Balaban J connectivity index is 1.76. The predicted molar refractivity (Wildman–Crippen MR) is 109 cm³/mol. The van der Waals surface area contributed by atoms with Crippen molar-refractivity contribution in [2.45, 2.75) is 39.4 Å². The Hall–Kier alpha value is -2.67. The second kappa shape index (κ2) is 7.54. The van der Waals surface area contributed by atoms with Crippen LogP contribution in [0.25, 0.3) is 11.0 Å². The third-order valence-electron chi connectivity index (χ3n) is 5.24. The number of ether oxygens (including phenoxy) is 1. The molecule has 1 aromatic heterocycles. The van der Waals surface area contributed by atoms with Crippen molar-refractivity contribution in [3.8, 4) is 5.75 Å². The van der Waals surface area contributed by atoms with E-state index in [0.717, 1.165) is 47.1 Å². The second-order valence-corrected chi connectivity index (χ2v) is 7.75. The van der Waals surface area contributed by atoms with Crippen LogP contribution in [0.15, 0.2) is 39.5 Å². The first-order chi connectivity index (χ1) is 14.2. The molecule has 0 saturated heterocycles. The van der Waals surface area contributed by atoms with Gasteiger partial charge in [0.25, 0.3) is 0 Å². The lowest BCUT2D eigenvalue weighted by atomic mass is 9.98. The van der Waals surface area contributed by atoms with Gasteiger partial charge in [-0.2, -0.15) is 13.2 Å². The molecule has 0 fully saturated rings. The fourth-order valence-electron chi connectivity index (χ4n) is 3.85. The quantitative estimate of drug-likeness (QED) is 0.465. The summed E-state index contributed by atoms with van der Waals surface area (Å²) in [4.78, 5) is 13.7. The lowest BCUT2D eigenvalue weighted by Crippen LogP contribution is -2.32. The van der Waals surface area contributed by atoms with Crippen molar-refractivity contribution in [2.24, 2.45) is 0 Å². The summed E-state index contributed by atoms with van der Waals surface area (Å²) in [5.74, 6) is 0.624. The monoisotopic (exact) mass is 437 g/mol. The molecule has 0 unspecified atom stereocenters. The lowest BCUT2D eigenvalue weighted by Gasteiger charge is -2.32. The second-order valence-electron chi connectivity index (χ2n) is 7.34. The van der Waals surface area contributed by atoms with E-state index in [2.05, 4.69) is 0 Å². The maximum absolute atomic E-state index is 12.9. The number of hydrogen-bond donors (Lipinski definition) is 0. The lowest BCUT2D eigenvalue weighted by molar-refractivity contribution is -0.137. The van der Waals surface area contributed by atoms with Crippen LogP contribution >= 0.6 is 11.6 Å². The van der Waals surface area contributed by atoms with E-state index in [1.165, 1.54) is 12.1 Å². The van der Waals surface area contributed by atoms with Gasteiger partial charge >= 0.3 is 11.8 Å². The Morgan fingerprint density at radius 2 is 1.97 bits per heavy atom. The zero-order valence-corrected chi connectivity index (χ0v) is 17.2. The summed E-state index contributed by atoms with van der Waals surface area (Å²) in [6.07, 6.45) is -2.85. The summed E-state index contributed by atoms with van der Waals surface area (Å²) in [7, 11) is 0. The van der Waals surface area contributed by atoms with Crippen LogP contribution in [0, 0.1) is 6.92 Å². The van der Waals surface area contributed by atoms with Gasteiger partial charge in [0.15, 0.2) is 6.73 Å². The van der Waals surface area contributed by atoms with E-state index in [1.807, 2.05) is 19.9 Å². The van der Waals surface area contributed by atoms with Crippen LogP contribution in [0.2, 0.25) is 5.02 Å². The topological polar surface area (TPSA) is 42.7 Å². The highest BCUT2D eigenvalue weighted by molar-refractivity contribution is 6.33. The Labute approximate surface area is 175 Å². The maximum Gasteiger partial charge on any atom is 0.416 e. The number of fused-ring (bicyclic) bond motifs is 2. The SMILES string of the molecule is CCCc1cc(=O)oc2c(C)c3c(cc12)CN(c1ccc(C(F)(F)F)cc1Cl)CO3. The molecule has 0 atom stereocenters. The Morgan fingerprint density at radius 3 is 2.63 bits per heavy atom. The van der Waals surface area contributed by atoms with E-state index in [4.69, 9.17) is 20.8 Å². The van der Waals surface area contributed by atoms with Gasteiger partial charge in [0.2, 0.25) is 0 Å². The minimum atomic E-state index is -4.46. The molecule has 8 heteroatoms. The average Bonchev–Trinajstić information content (AvgIpc) is 2.68. The first-order valence-electron chi connectivity index (χ1n) is 9.52. The van der Waals surface area contributed by atoms with E-state index in [-0.39, 0.29) is 11.8 Å². The van der Waals surface area contributed by atoms with Gasteiger partial charge in [-0.05, 0) is 43.2 Å². The van der Waals surface area contributed by atoms with Gasteiger partial charge in [0.05, 0.1) is 16.3 Å². The third-order valence-corrected chi connectivity index (χ3v) is 5.54. The predicted octanol–water partition coefficient (Wildman–Crippen LogP) is 6.08. The molecule has 0 spiro atoms. The highest BCUT2D eigenvalue weighted by Gasteiger charge is 2.32. The summed E-state index contributed by atoms with van der Waals surface area (Å²) < 4.78 is 50.1. The fourth-order valence-corrected chi connectivity index (χ4v) is 4.15. The van der Waals surface area contributed by atoms with Crippen molar-refractivity contribution in [2.75, 3.05) is 11.6 Å². The summed E-state index contributed by atoms with van der Waals surface area (Å²) in [6.45, 7) is 4.38. The van der Waals surface area contributed by atoms with E-state index in [0.29, 0.717) is 23.6 Å². The normalized spacial score (nSPS) is 14.0. The minimum absolute atomic E-state index is 0.00653. The van der Waals surface area contributed by atoms with Crippen molar-refractivity contribution in [1.29, 1.82) is 0 Å². The van der Waals surface area contributed by atoms with Crippen molar-refractivity contribution in [1.82, 2.24) is 0 Å². The van der Waals surface area contributed by atoms with Crippen molar-refractivity contribution < 1.29 is 22.3 Å². The highest BCUT2D eigenvalue weighted by atomic mass is 35.5. The number of hydrogen-bond acceptors (Lipinski definition) is 4. The van der Waals surface area contributed by atoms with Gasteiger partial charge < -0.3 is 14.1 Å². The van der Waals surface area contributed by atoms with E-state index in [9.17, 15) is 18.0 Å². The summed E-state index contributed by atoms with van der Waals surface area (Å²) in [5.41, 5.74) is 2.26. The molecule has 3 aromatic rings. The number of rotatable bonds is 3. The molecule has 4 nitrogen and oxygen atoms in total. The van der Waals surface area contributed by atoms with Gasteiger partial charge in [0.1, 0.15) is 11.3 Å². The molecular weight excluding hydrogens is 419 g/mol. The van der Waals surface area contributed by atoms with Crippen LogP contribution in [0.3, 0.4) is 0 Å². The van der Waals surface area contributed by atoms with Crippen LogP contribution in [-0.2, 0) is 19.1 Å². The molecule has 30 heavy (non-hydrogen) atoms. The van der Waals surface area contributed by atoms with Crippen LogP contribution in [0.5, 0.6) is 5.75 Å². The Bertz CT molecular complexity index is 1190. The molecule has 2 aromatic carbocycles. The number of anilines is 1. The molecule has 0 bridgehead atoms. The Morgan fingerprint density at radius 1 is 1.20 bits per heavy atom. The molecule has 0 radical (unpaired) electrons. The number of alkyl halides is 3. The first kappa shape index (κ1) is 20.6. The minimum Gasteiger partial charge on any atom is -0.472 e. The van der Waals surface area contributed by atoms with E-state index in [1.54, 1.807) is 4.90 Å². The smallest absolute Gasteiger partial charge is 0.416 e. The van der Waals surface area contributed by atoms with Crippen molar-refractivity contribution in [3.05, 3.63) is 68.0 Å². The highest BCUT2D eigenvalue weighted by Crippen LogP contribution is 2.40. The van der Waals surface area contributed by atoms with E-state index < -0.39 is 17.4 Å². The molecule has 0 N–H and O–H groups in total. The van der Waals surface area contributed by atoms with Gasteiger partial charge in [-0.3, -0.25) is 0 Å². The van der Waals surface area contributed by atoms with Gasteiger partial charge in [-0.1, -0.05) is 24.9 Å². The molecule has 0 saturated carbocycles. The number of benzene rings is 2. The molecule has 1 aliphatic heterocycles. The standard InChI is InChI=1S/C22H19ClF3NO3/c1-3-4-13-8-19(28)30-21-12(2)20-14(7-16(13)21)10-27(11-29-20)18-6-5-15(9-17(18)23)22(24,25)26/h5-9H,3-4,10-11H2,1-2H3. The summed E-state index contributed by atoms with van der Waals surface area (Å²) in [5, 5.41) is 0.851. The van der Waals surface area contributed by atoms with Gasteiger partial charge in [-0.15, -0.1) is 0 Å². The molecule has 1 aliphatic rings. The average molecular weight is 438 g/mol. The summed E-state index contributed by atoms with van der Waals surface area (Å²) >= 11 is 6.16. The van der Waals surface area contributed by atoms with Gasteiger partial charge in [0, 0.05) is 29.1 Å². The zero-order chi connectivity index (χ0) is 21.6. The van der Waals surface area contributed by atoms with Crippen LogP contribution < -0.4 is 15.3 Å². The molecule has 2 heterocycles. The molecule has 0 aliphatic carbocycles. The third kappa shape index (κ3) is 3.62. The zero-order valence-electron chi connectivity index (χ0n) is 16.4. The fraction of sp³-hybridized carbons (Fsp3) is 0.318. The number of halogens is 4. The molecule has 158 valence electrons. The van der Waals surface area contributed by atoms with Crippen LogP contribution in [-0.4, -0.2) is 6.73 Å². The molecule has 4 rings (SSSR count). The van der Waals surface area contributed by atoms with Crippen LogP contribution in [0.4, 0.5) is 18.9 Å². The van der Waals surface area contributed by atoms with Gasteiger partial charge in [-0.25, -0.2) is 4.79 Å². The summed E-state index contributed by atoms with van der Waals surface area (Å²) in [6, 6.07) is 6.72. The first-order valence-corrected chi connectivity index (χ1v) is 9.90. The Kier molecular flexibility index (Phi) is 5.18. The molecular formula is C22H19ClF3NO3. The number of aryl methyl sites for hydroxylation is 2. The van der Waals surface area contributed by atoms with Crippen LogP contribution in [0.1, 0.15) is 35.6 Å². The van der Waals surface area contributed by atoms with Crippen molar-refractivity contribution >= 4 is 28.3 Å². The largest absolute Gasteiger partial charge is 0.472 e. The van der Waals surface area contributed by atoms with Crippen molar-refractivity contribution in [3.63, 3.8) is 0 Å².